The van der Waals surface area contributed by atoms with Crippen LogP contribution in [0.2, 0.25) is 0 Å². The molecule has 1 fully saturated rings. The monoisotopic (exact) mass is 303 g/mol. The zero-order valence-corrected chi connectivity index (χ0v) is 14.0. The number of nitrogens with one attached hydrogen (secondary N) is 1. The van der Waals surface area contributed by atoms with Crippen molar-refractivity contribution in [3.8, 4) is 0 Å². The molecule has 1 aliphatic rings. The van der Waals surface area contributed by atoms with Gasteiger partial charge in [0.15, 0.2) is 0 Å². The van der Waals surface area contributed by atoms with Crippen LogP contribution in [0.5, 0.6) is 0 Å². The van der Waals surface area contributed by atoms with Gasteiger partial charge < -0.3 is 5.32 Å². The van der Waals surface area contributed by atoms with E-state index in [1.165, 1.54) is 4.31 Å². The van der Waals surface area contributed by atoms with Gasteiger partial charge in [-0.05, 0) is 53.1 Å². The summed E-state index contributed by atoms with van der Waals surface area (Å²) in [5.41, 5.74) is -0.441. The first-order valence-electron chi connectivity index (χ1n) is 7.27. The first-order chi connectivity index (χ1) is 9.23. The van der Waals surface area contributed by atoms with Crippen molar-refractivity contribution in [1.82, 2.24) is 13.9 Å². The van der Waals surface area contributed by atoms with E-state index in [0.717, 1.165) is 19.4 Å². The van der Waals surface area contributed by atoms with Crippen molar-refractivity contribution in [2.45, 2.75) is 39.2 Å². The van der Waals surface area contributed by atoms with Crippen LogP contribution in [0.25, 0.3) is 0 Å². The van der Waals surface area contributed by atoms with Crippen molar-refractivity contribution < 1.29 is 8.42 Å². The van der Waals surface area contributed by atoms with Crippen molar-refractivity contribution >= 4 is 10.2 Å². The van der Waals surface area contributed by atoms with Crippen LogP contribution in [-0.4, -0.2) is 55.8 Å². The molecule has 5 nitrogen and oxygen atoms in total. The minimum atomic E-state index is -3.43. The molecule has 1 atom stereocenters. The second-order valence-electron chi connectivity index (χ2n) is 6.42. The highest BCUT2D eigenvalue weighted by Gasteiger charge is 2.38. The quantitative estimate of drug-likeness (QED) is 0.756. The molecule has 1 unspecified atom stereocenters. The normalized spacial score (nSPS) is 22.1. The number of rotatable bonds is 6. The zero-order valence-electron chi connectivity index (χ0n) is 13.2. The Kier molecular flexibility index (Phi) is 6.19. The van der Waals surface area contributed by atoms with E-state index >= 15 is 0 Å². The predicted octanol–water partition coefficient (Wildman–Crippen LogP) is 1.45. The Labute approximate surface area is 124 Å². The SMILES string of the molecule is C=CCN(C(C)(C)C)S(=O)(=O)N1CCCC(CNC)C1. The maximum absolute atomic E-state index is 12.9. The molecule has 0 bridgehead atoms. The molecule has 0 saturated carbocycles. The van der Waals surface area contributed by atoms with E-state index in [1.54, 1.807) is 10.4 Å². The van der Waals surface area contributed by atoms with E-state index < -0.39 is 15.7 Å². The van der Waals surface area contributed by atoms with Crippen LogP contribution in [0.4, 0.5) is 0 Å². The molecule has 1 rings (SSSR count). The molecule has 0 amide bonds. The highest BCUT2D eigenvalue weighted by molar-refractivity contribution is 7.86. The molecule has 1 heterocycles. The highest BCUT2D eigenvalue weighted by Crippen LogP contribution is 2.25. The fourth-order valence-corrected chi connectivity index (χ4v) is 4.69. The fourth-order valence-electron chi connectivity index (χ4n) is 2.66. The number of nitrogens with zero attached hydrogens (tertiary/aromatic N) is 2. The Morgan fingerprint density at radius 3 is 2.60 bits per heavy atom. The molecule has 0 aromatic heterocycles. The average molecular weight is 303 g/mol. The predicted molar refractivity (Wildman–Crippen MR) is 83.8 cm³/mol. The lowest BCUT2D eigenvalue weighted by molar-refractivity contribution is 0.211. The Morgan fingerprint density at radius 1 is 1.45 bits per heavy atom. The van der Waals surface area contributed by atoms with Gasteiger partial charge in [0, 0.05) is 25.2 Å². The van der Waals surface area contributed by atoms with Crippen LogP contribution in [0, 0.1) is 5.92 Å². The first kappa shape index (κ1) is 17.6. The first-order valence-corrected chi connectivity index (χ1v) is 8.66. The maximum atomic E-state index is 12.9. The summed E-state index contributed by atoms with van der Waals surface area (Å²) in [5.74, 6) is 0.397. The largest absolute Gasteiger partial charge is 0.319 e. The molecule has 20 heavy (non-hydrogen) atoms. The minimum absolute atomic E-state index is 0.346. The molecule has 0 aromatic carbocycles. The Bertz CT molecular complexity index is 413. The lowest BCUT2D eigenvalue weighted by Crippen LogP contribution is -2.54. The number of hydrogen-bond acceptors (Lipinski definition) is 3. The summed E-state index contributed by atoms with van der Waals surface area (Å²) in [6.07, 6.45) is 3.67. The summed E-state index contributed by atoms with van der Waals surface area (Å²) < 4.78 is 28.9. The van der Waals surface area contributed by atoms with Gasteiger partial charge >= 0.3 is 0 Å². The van der Waals surface area contributed by atoms with Gasteiger partial charge in [-0.3, -0.25) is 0 Å². The standard InChI is InChI=1S/C14H29N3O2S/c1-6-9-17(14(2,3)4)20(18,19)16-10-7-8-13(12-16)11-15-5/h6,13,15H,1,7-12H2,2-5H3. The van der Waals surface area contributed by atoms with Crippen molar-refractivity contribution in [2.24, 2.45) is 5.92 Å². The summed E-state index contributed by atoms with van der Waals surface area (Å²) >= 11 is 0. The smallest absolute Gasteiger partial charge is 0.282 e. The van der Waals surface area contributed by atoms with Gasteiger partial charge in [0.2, 0.25) is 0 Å². The maximum Gasteiger partial charge on any atom is 0.282 e. The third kappa shape index (κ3) is 4.28. The van der Waals surface area contributed by atoms with Crippen molar-refractivity contribution in [3.05, 3.63) is 12.7 Å². The molecular weight excluding hydrogens is 274 g/mol. The third-order valence-electron chi connectivity index (χ3n) is 3.62. The van der Waals surface area contributed by atoms with E-state index in [4.69, 9.17) is 0 Å². The topological polar surface area (TPSA) is 52.7 Å². The second-order valence-corrected chi connectivity index (χ2v) is 8.28. The molecule has 0 spiro atoms. The van der Waals surface area contributed by atoms with Gasteiger partial charge in [-0.2, -0.15) is 17.0 Å². The third-order valence-corrected chi connectivity index (χ3v) is 5.86. The van der Waals surface area contributed by atoms with Gasteiger partial charge in [0.25, 0.3) is 10.2 Å². The van der Waals surface area contributed by atoms with Crippen LogP contribution < -0.4 is 5.32 Å². The lowest BCUT2D eigenvalue weighted by atomic mass is 10.00. The fraction of sp³-hybridized carbons (Fsp3) is 0.857. The molecule has 1 saturated heterocycles. The molecule has 0 aromatic rings. The van der Waals surface area contributed by atoms with Gasteiger partial charge in [0.05, 0.1) is 0 Å². The number of hydrogen-bond donors (Lipinski definition) is 1. The van der Waals surface area contributed by atoms with E-state index in [-0.39, 0.29) is 0 Å². The molecule has 1 N–H and O–H groups in total. The van der Waals surface area contributed by atoms with Crippen molar-refractivity contribution in [1.29, 1.82) is 0 Å². The lowest BCUT2D eigenvalue weighted by Gasteiger charge is -2.40. The highest BCUT2D eigenvalue weighted by atomic mass is 32.2. The Hall–Kier alpha value is -0.430. The average Bonchev–Trinajstić information content (AvgIpc) is 2.35. The van der Waals surface area contributed by atoms with Gasteiger partial charge in [0.1, 0.15) is 0 Å². The molecule has 118 valence electrons. The number of piperidine rings is 1. The summed E-state index contributed by atoms with van der Waals surface area (Å²) in [6, 6.07) is 0. The van der Waals surface area contributed by atoms with Gasteiger partial charge in [-0.1, -0.05) is 6.08 Å². The van der Waals surface area contributed by atoms with Crippen LogP contribution >= 0.6 is 0 Å². The molecule has 6 heteroatoms. The van der Waals surface area contributed by atoms with Crippen LogP contribution in [0.15, 0.2) is 12.7 Å². The van der Waals surface area contributed by atoms with Crippen molar-refractivity contribution in [2.75, 3.05) is 33.2 Å². The summed E-state index contributed by atoms with van der Waals surface area (Å²) in [4.78, 5) is 0. The molecule has 1 aliphatic heterocycles. The van der Waals surface area contributed by atoms with E-state index in [1.807, 2.05) is 27.8 Å². The Balaban J connectivity index is 2.92. The summed E-state index contributed by atoms with van der Waals surface area (Å²) in [6.45, 7) is 11.9. The van der Waals surface area contributed by atoms with Crippen LogP contribution in [0.1, 0.15) is 33.6 Å². The van der Waals surface area contributed by atoms with E-state index in [9.17, 15) is 8.42 Å². The van der Waals surface area contributed by atoms with Crippen LogP contribution in [0.3, 0.4) is 0 Å². The van der Waals surface area contributed by atoms with Gasteiger partial charge in [-0.15, -0.1) is 6.58 Å². The van der Waals surface area contributed by atoms with E-state index in [0.29, 0.717) is 25.6 Å². The molecular formula is C14H29N3O2S. The summed E-state index contributed by atoms with van der Waals surface area (Å²) in [7, 11) is -1.52. The van der Waals surface area contributed by atoms with Gasteiger partial charge in [-0.25, -0.2) is 0 Å². The van der Waals surface area contributed by atoms with Crippen LogP contribution in [-0.2, 0) is 10.2 Å². The van der Waals surface area contributed by atoms with E-state index in [2.05, 4.69) is 11.9 Å². The second kappa shape index (κ2) is 7.02. The minimum Gasteiger partial charge on any atom is -0.319 e. The molecule has 0 aliphatic carbocycles. The zero-order chi connectivity index (χ0) is 15.4. The molecule has 0 radical (unpaired) electrons. The summed E-state index contributed by atoms with van der Waals surface area (Å²) in [5, 5.41) is 3.14. The Morgan fingerprint density at radius 2 is 2.10 bits per heavy atom. The van der Waals surface area contributed by atoms with Crippen molar-refractivity contribution in [3.63, 3.8) is 0 Å².